The van der Waals surface area contributed by atoms with Gasteiger partial charge in [-0.1, -0.05) is 0 Å². The Bertz CT molecular complexity index is 469. The molecule has 2 aromatic heterocycles. The van der Waals surface area contributed by atoms with Gasteiger partial charge in [0.05, 0.1) is 9.88 Å². The van der Waals surface area contributed by atoms with Gasteiger partial charge in [0.1, 0.15) is 5.82 Å². The van der Waals surface area contributed by atoms with Crippen molar-refractivity contribution in [2.45, 2.75) is 26.8 Å². The Labute approximate surface area is 92.8 Å². The topological polar surface area (TPSA) is 56.7 Å². The number of nitrogens with two attached hydrogens (primary N) is 1. The predicted molar refractivity (Wildman–Crippen MR) is 62.9 cm³/mol. The predicted octanol–water partition coefficient (Wildman–Crippen LogP) is 2.48. The molecule has 2 N–H and O–H groups in total. The summed E-state index contributed by atoms with van der Waals surface area (Å²) in [6, 6.07) is 4.25. The number of hydrogen-bond acceptors (Lipinski definition) is 4. The highest BCUT2D eigenvalue weighted by Crippen LogP contribution is 2.30. The summed E-state index contributed by atoms with van der Waals surface area (Å²) in [5.41, 5.74) is 5.71. The maximum absolute atomic E-state index is 5.71. The molecule has 5 heteroatoms. The number of hydrogen-bond donors (Lipinski definition) is 1. The summed E-state index contributed by atoms with van der Waals surface area (Å²) in [6.45, 7) is 6.21. The number of anilines is 1. The number of thiophene rings is 1. The maximum Gasteiger partial charge on any atom is 0.174 e. The Morgan fingerprint density at radius 3 is 2.60 bits per heavy atom. The smallest absolute Gasteiger partial charge is 0.174 e. The fourth-order valence-electron chi connectivity index (χ4n) is 1.63. The van der Waals surface area contributed by atoms with Crippen LogP contribution >= 0.6 is 11.3 Å². The lowest BCUT2D eigenvalue weighted by Crippen LogP contribution is -2.04. The zero-order valence-corrected chi connectivity index (χ0v) is 9.88. The van der Waals surface area contributed by atoms with E-state index in [1.165, 1.54) is 0 Å². The first-order chi connectivity index (χ1) is 7.09. The minimum Gasteiger partial charge on any atom is -0.391 e. The minimum atomic E-state index is 0.360. The van der Waals surface area contributed by atoms with Crippen LogP contribution in [0, 0.1) is 6.92 Å². The summed E-state index contributed by atoms with van der Waals surface area (Å²) in [5, 5.41) is 9.10. The lowest BCUT2D eigenvalue weighted by Gasteiger charge is -2.10. The third-order valence-corrected chi connectivity index (χ3v) is 3.14. The summed E-state index contributed by atoms with van der Waals surface area (Å²) in [6.07, 6.45) is 0. The van der Waals surface area contributed by atoms with Gasteiger partial charge in [-0.15, -0.1) is 21.5 Å². The highest BCUT2D eigenvalue weighted by molar-refractivity contribution is 7.19. The quantitative estimate of drug-likeness (QED) is 0.849. The molecule has 0 amide bonds. The van der Waals surface area contributed by atoms with E-state index in [4.69, 9.17) is 5.73 Å². The Kier molecular flexibility index (Phi) is 2.48. The normalized spacial score (nSPS) is 11.2. The van der Waals surface area contributed by atoms with Crippen LogP contribution in [0.1, 0.15) is 25.7 Å². The fourth-order valence-corrected chi connectivity index (χ4v) is 2.39. The molecule has 0 aliphatic heterocycles. The van der Waals surface area contributed by atoms with Gasteiger partial charge < -0.3 is 10.3 Å². The second-order valence-corrected chi connectivity index (χ2v) is 4.85. The Balaban J connectivity index is 2.53. The summed E-state index contributed by atoms with van der Waals surface area (Å²) in [4.78, 5) is 1.07. The summed E-state index contributed by atoms with van der Waals surface area (Å²) in [5.74, 6) is 1.84. The first-order valence-electron chi connectivity index (χ1n) is 4.86. The molecule has 0 spiro atoms. The van der Waals surface area contributed by atoms with E-state index in [1.54, 1.807) is 11.3 Å². The second-order valence-electron chi connectivity index (χ2n) is 3.74. The van der Waals surface area contributed by atoms with Crippen LogP contribution in [0.3, 0.4) is 0 Å². The third-order valence-electron chi connectivity index (χ3n) is 2.23. The third kappa shape index (κ3) is 1.74. The van der Waals surface area contributed by atoms with E-state index in [0.717, 1.165) is 21.5 Å². The van der Waals surface area contributed by atoms with E-state index in [2.05, 4.69) is 28.6 Å². The van der Waals surface area contributed by atoms with Crippen LogP contribution in [0.5, 0.6) is 0 Å². The molecule has 0 bridgehead atoms. The van der Waals surface area contributed by atoms with Gasteiger partial charge in [-0.05, 0) is 32.9 Å². The van der Waals surface area contributed by atoms with Gasteiger partial charge in [0, 0.05) is 6.04 Å². The van der Waals surface area contributed by atoms with Crippen LogP contribution in [0.25, 0.3) is 10.7 Å². The molecule has 0 aliphatic carbocycles. The molecule has 0 saturated carbocycles. The van der Waals surface area contributed by atoms with Crippen LogP contribution in [0.2, 0.25) is 0 Å². The van der Waals surface area contributed by atoms with Gasteiger partial charge in [-0.2, -0.15) is 0 Å². The average molecular weight is 222 g/mol. The van der Waals surface area contributed by atoms with Crippen molar-refractivity contribution in [3.05, 3.63) is 18.0 Å². The van der Waals surface area contributed by atoms with Gasteiger partial charge in [0.15, 0.2) is 5.82 Å². The first-order valence-corrected chi connectivity index (χ1v) is 5.68. The van der Waals surface area contributed by atoms with E-state index in [1.807, 2.05) is 19.1 Å². The fraction of sp³-hybridized carbons (Fsp3) is 0.400. The van der Waals surface area contributed by atoms with E-state index in [9.17, 15) is 0 Å². The van der Waals surface area contributed by atoms with Crippen LogP contribution in [0.4, 0.5) is 5.00 Å². The molecular weight excluding hydrogens is 208 g/mol. The number of aromatic nitrogens is 3. The molecule has 80 valence electrons. The highest BCUT2D eigenvalue weighted by atomic mass is 32.1. The van der Waals surface area contributed by atoms with Gasteiger partial charge in [-0.3, -0.25) is 0 Å². The summed E-state index contributed by atoms with van der Waals surface area (Å²) < 4.78 is 2.12. The molecular formula is C10H14N4S. The van der Waals surface area contributed by atoms with Crippen LogP contribution in [-0.2, 0) is 0 Å². The molecule has 4 nitrogen and oxygen atoms in total. The van der Waals surface area contributed by atoms with Crippen molar-refractivity contribution < 1.29 is 0 Å². The van der Waals surface area contributed by atoms with E-state index >= 15 is 0 Å². The lowest BCUT2D eigenvalue weighted by molar-refractivity contribution is 0.588. The van der Waals surface area contributed by atoms with Crippen molar-refractivity contribution >= 4 is 16.3 Å². The molecule has 2 aromatic rings. The Morgan fingerprint density at radius 1 is 1.33 bits per heavy atom. The molecule has 0 atom stereocenters. The van der Waals surface area contributed by atoms with Crippen molar-refractivity contribution in [1.29, 1.82) is 0 Å². The van der Waals surface area contributed by atoms with Crippen molar-refractivity contribution in [2.24, 2.45) is 0 Å². The monoisotopic (exact) mass is 222 g/mol. The van der Waals surface area contributed by atoms with Crippen LogP contribution in [-0.4, -0.2) is 14.8 Å². The molecule has 0 aliphatic rings. The molecule has 0 saturated heterocycles. The Morgan fingerprint density at radius 2 is 2.07 bits per heavy atom. The van der Waals surface area contributed by atoms with Crippen LogP contribution < -0.4 is 5.73 Å². The van der Waals surface area contributed by atoms with Crippen molar-refractivity contribution in [3.63, 3.8) is 0 Å². The molecule has 2 rings (SSSR count). The zero-order valence-electron chi connectivity index (χ0n) is 9.06. The minimum absolute atomic E-state index is 0.360. The molecule has 0 fully saturated rings. The molecule has 15 heavy (non-hydrogen) atoms. The highest BCUT2D eigenvalue weighted by Gasteiger charge is 2.14. The van der Waals surface area contributed by atoms with Crippen molar-refractivity contribution in [1.82, 2.24) is 14.8 Å². The molecule has 0 radical (unpaired) electrons. The molecule has 0 unspecified atom stereocenters. The van der Waals surface area contributed by atoms with Crippen molar-refractivity contribution in [3.8, 4) is 10.7 Å². The molecule has 2 heterocycles. The number of nitrogens with zero attached hydrogens (tertiary/aromatic N) is 3. The SMILES string of the molecule is Cc1nnc(-c2ccc(N)s2)n1C(C)C. The van der Waals surface area contributed by atoms with Gasteiger partial charge in [0.25, 0.3) is 0 Å². The van der Waals surface area contributed by atoms with Gasteiger partial charge >= 0.3 is 0 Å². The lowest BCUT2D eigenvalue weighted by atomic mass is 10.3. The number of nitrogen functional groups attached to an aromatic ring is 1. The standard InChI is InChI=1S/C10H14N4S/c1-6(2)14-7(3)12-13-10(14)8-4-5-9(11)15-8/h4-6H,11H2,1-3H3. The average Bonchev–Trinajstić information content (AvgIpc) is 2.71. The maximum atomic E-state index is 5.71. The Hall–Kier alpha value is -1.36. The largest absolute Gasteiger partial charge is 0.391 e. The van der Waals surface area contributed by atoms with Crippen molar-refractivity contribution in [2.75, 3.05) is 5.73 Å². The second kappa shape index (κ2) is 3.66. The van der Waals surface area contributed by atoms with Crippen LogP contribution in [0.15, 0.2) is 12.1 Å². The zero-order chi connectivity index (χ0) is 11.0. The van der Waals surface area contributed by atoms with E-state index < -0.39 is 0 Å². The number of aryl methyl sites for hydroxylation is 1. The van der Waals surface area contributed by atoms with E-state index in [0.29, 0.717) is 6.04 Å². The number of rotatable bonds is 2. The summed E-state index contributed by atoms with van der Waals surface area (Å²) >= 11 is 1.54. The molecule has 0 aromatic carbocycles. The summed E-state index contributed by atoms with van der Waals surface area (Å²) in [7, 11) is 0. The van der Waals surface area contributed by atoms with E-state index in [-0.39, 0.29) is 0 Å². The first kappa shape index (κ1) is 10.2. The van der Waals surface area contributed by atoms with Gasteiger partial charge in [0.2, 0.25) is 0 Å². The van der Waals surface area contributed by atoms with Gasteiger partial charge in [-0.25, -0.2) is 0 Å².